The molecule has 6 nitrogen and oxygen atoms in total. The zero-order valence-electron chi connectivity index (χ0n) is 9.18. The van der Waals surface area contributed by atoms with Crippen LogP contribution < -0.4 is 17.0 Å². The second-order valence-electron chi connectivity index (χ2n) is 3.44. The molecule has 1 heterocycles. The lowest BCUT2D eigenvalue weighted by Gasteiger charge is -2.03. The third-order valence-electron chi connectivity index (χ3n) is 2.10. The van der Waals surface area contributed by atoms with Crippen LogP contribution >= 0.6 is 11.8 Å². The van der Waals surface area contributed by atoms with Crippen molar-refractivity contribution in [2.45, 2.75) is 10.1 Å². The Morgan fingerprint density at radius 1 is 1.33 bits per heavy atom. The Labute approximate surface area is 107 Å². The lowest BCUT2D eigenvalue weighted by atomic mass is 10.2. The molecule has 0 fully saturated rings. The number of H-pyrrole nitrogens is 1. The van der Waals surface area contributed by atoms with Crippen molar-refractivity contribution in [1.82, 2.24) is 9.97 Å². The van der Waals surface area contributed by atoms with Gasteiger partial charge < -0.3 is 16.5 Å². The number of nitrogen functional groups attached to an aromatic ring is 2. The van der Waals surface area contributed by atoms with Crippen molar-refractivity contribution in [1.29, 1.82) is 5.26 Å². The summed E-state index contributed by atoms with van der Waals surface area (Å²) in [4.78, 5) is 18.5. The molecule has 0 unspecified atom stereocenters. The summed E-state index contributed by atoms with van der Waals surface area (Å²) in [5.41, 5.74) is 11.6. The van der Waals surface area contributed by atoms with Gasteiger partial charge in [-0.25, -0.2) is 4.98 Å². The monoisotopic (exact) mass is 259 g/mol. The molecule has 0 bridgehead atoms. The van der Waals surface area contributed by atoms with E-state index in [0.717, 1.165) is 4.90 Å². The predicted molar refractivity (Wildman–Crippen MR) is 69.0 cm³/mol. The van der Waals surface area contributed by atoms with E-state index in [9.17, 15) is 4.79 Å². The van der Waals surface area contributed by atoms with Gasteiger partial charge in [0, 0.05) is 11.0 Å². The number of benzene rings is 1. The van der Waals surface area contributed by atoms with E-state index in [2.05, 4.69) is 9.97 Å². The molecule has 0 radical (unpaired) electrons. The first-order chi connectivity index (χ1) is 8.58. The third kappa shape index (κ3) is 2.61. The maximum absolute atomic E-state index is 11.2. The van der Waals surface area contributed by atoms with Crippen LogP contribution in [0.4, 0.5) is 11.5 Å². The molecule has 0 spiro atoms. The summed E-state index contributed by atoms with van der Waals surface area (Å²) in [7, 11) is 0. The van der Waals surface area contributed by atoms with Crippen LogP contribution in [0.1, 0.15) is 5.56 Å². The quantitative estimate of drug-likeness (QED) is 0.545. The van der Waals surface area contributed by atoms with E-state index in [0.29, 0.717) is 16.4 Å². The highest BCUT2D eigenvalue weighted by molar-refractivity contribution is 7.99. The van der Waals surface area contributed by atoms with Crippen LogP contribution in [0.2, 0.25) is 0 Å². The first kappa shape index (κ1) is 12.0. The number of nitrogens with one attached hydrogen (secondary N) is 1. The van der Waals surface area contributed by atoms with Crippen molar-refractivity contribution in [3.63, 3.8) is 0 Å². The Kier molecular flexibility index (Phi) is 3.21. The predicted octanol–water partition coefficient (Wildman–Crippen LogP) is 0.957. The molecule has 0 aliphatic rings. The second kappa shape index (κ2) is 4.81. The van der Waals surface area contributed by atoms with Gasteiger partial charge in [0.2, 0.25) is 0 Å². The van der Waals surface area contributed by atoms with Gasteiger partial charge in [-0.2, -0.15) is 5.26 Å². The molecular formula is C11H9N5OS. The van der Waals surface area contributed by atoms with Crippen molar-refractivity contribution >= 4 is 23.3 Å². The van der Waals surface area contributed by atoms with E-state index in [1.54, 1.807) is 18.2 Å². The molecular weight excluding hydrogens is 250 g/mol. The molecule has 90 valence electrons. The van der Waals surface area contributed by atoms with Gasteiger partial charge in [0.05, 0.1) is 11.3 Å². The fourth-order valence-electron chi connectivity index (χ4n) is 1.32. The normalized spacial score (nSPS) is 9.94. The first-order valence-electron chi connectivity index (χ1n) is 4.93. The molecule has 0 saturated heterocycles. The highest BCUT2D eigenvalue weighted by atomic mass is 32.2. The standard InChI is InChI=1S/C11H9N5OS/c12-5-6-1-2-7(3-8(6)13)18-11-15-9(14)4-10(17)16-11/h1-4H,13H2,(H3,14,15,16,17). The largest absolute Gasteiger partial charge is 0.398 e. The Hall–Kier alpha value is -2.46. The van der Waals surface area contributed by atoms with Crippen LogP contribution in [0.3, 0.4) is 0 Å². The minimum atomic E-state index is -0.313. The fraction of sp³-hybridized carbons (Fsp3) is 0. The highest BCUT2D eigenvalue weighted by Gasteiger charge is 2.04. The van der Waals surface area contributed by atoms with E-state index in [1.807, 2.05) is 6.07 Å². The number of anilines is 2. The average molecular weight is 259 g/mol. The lowest BCUT2D eigenvalue weighted by Crippen LogP contribution is -2.09. The minimum absolute atomic E-state index is 0.155. The summed E-state index contributed by atoms with van der Waals surface area (Å²) in [5.74, 6) is 0.155. The number of hydrogen-bond donors (Lipinski definition) is 3. The van der Waals surface area contributed by atoms with Gasteiger partial charge in [-0.15, -0.1) is 0 Å². The number of nitrogens with two attached hydrogens (primary N) is 2. The number of nitrogens with zero attached hydrogens (tertiary/aromatic N) is 2. The summed E-state index contributed by atoms with van der Waals surface area (Å²) < 4.78 is 0. The maximum Gasteiger partial charge on any atom is 0.253 e. The summed E-state index contributed by atoms with van der Waals surface area (Å²) in [6, 6.07) is 8.17. The van der Waals surface area contributed by atoms with Crippen molar-refractivity contribution in [2.75, 3.05) is 11.5 Å². The van der Waals surface area contributed by atoms with Crippen LogP contribution in [-0.4, -0.2) is 9.97 Å². The molecule has 18 heavy (non-hydrogen) atoms. The molecule has 0 aliphatic carbocycles. The van der Waals surface area contributed by atoms with E-state index >= 15 is 0 Å². The topological polar surface area (TPSA) is 122 Å². The first-order valence-corrected chi connectivity index (χ1v) is 5.74. The molecule has 2 rings (SSSR count). The number of hydrogen-bond acceptors (Lipinski definition) is 6. The molecule has 1 aromatic carbocycles. The van der Waals surface area contributed by atoms with Crippen molar-refractivity contribution in [3.8, 4) is 6.07 Å². The molecule has 0 aliphatic heterocycles. The van der Waals surface area contributed by atoms with Gasteiger partial charge in [0.15, 0.2) is 5.16 Å². The average Bonchev–Trinajstić information content (AvgIpc) is 2.27. The van der Waals surface area contributed by atoms with Crippen molar-refractivity contribution in [3.05, 3.63) is 40.2 Å². The zero-order chi connectivity index (χ0) is 13.1. The van der Waals surface area contributed by atoms with E-state index in [4.69, 9.17) is 16.7 Å². The van der Waals surface area contributed by atoms with Gasteiger partial charge in [0.25, 0.3) is 5.56 Å². The van der Waals surface area contributed by atoms with Gasteiger partial charge in [-0.05, 0) is 18.2 Å². The SMILES string of the molecule is N#Cc1ccc(Sc2nc(N)cc(=O)[nH]2)cc1N. The van der Waals surface area contributed by atoms with Crippen molar-refractivity contribution < 1.29 is 0 Å². The maximum atomic E-state index is 11.2. The number of aromatic nitrogens is 2. The summed E-state index contributed by atoms with van der Waals surface area (Å²) in [6.45, 7) is 0. The van der Waals surface area contributed by atoms with E-state index in [1.165, 1.54) is 17.8 Å². The summed E-state index contributed by atoms with van der Waals surface area (Å²) in [6.07, 6.45) is 0. The molecule has 1 aromatic heterocycles. The molecule has 7 heteroatoms. The van der Waals surface area contributed by atoms with E-state index < -0.39 is 0 Å². The van der Waals surface area contributed by atoms with E-state index in [-0.39, 0.29) is 11.4 Å². The molecule has 5 N–H and O–H groups in total. The Balaban J connectivity index is 2.32. The molecule has 0 atom stereocenters. The van der Waals surface area contributed by atoms with Gasteiger partial charge >= 0.3 is 0 Å². The number of nitriles is 1. The van der Waals surface area contributed by atoms with Crippen LogP contribution in [0.15, 0.2) is 39.1 Å². The Morgan fingerprint density at radius 3 is 2.72 bits per heavy atom. The zero-order valence-corrected chi connectivity index (χ0v) is 9.99. The smallest absolute Gasteiger partial charge is 0.253 e. The Morgan fingerprint density at radius 2 is 2.11 bits per heavy atom. The second-order valence-corrected chi connectivity index (χ2v) is 4.50. The number of aromatic amines is 1. The molecule has 0 amide bonds. The van der Waals surface area contributed by atoms with Crippen molar-refractivity contribution in [2.24, 2.45) is 0 Å². The van der Waals surface area contributed by atoms with Crippen LogP contribution in [0.25, 0.3) is 0 Å². The molecule has 2 aromatic rings. The Bertz CT molecular complexity index is 689. The third-order valence-corrected chi connectivity index (χ3v) is 2.97. The van der Waals surface area contributed by atoms with Crippen LogP contribution in [-0.2, 0) is 0 Å². The van der Waals surface area contributed by atoms with Crippen LogP contribution in [0, 0.1) is 11.3 Å². The fourth-order valence-corrected chi connectivity index (χ4v) is 2.17. The summed E-state index contributed by atoms with van der Waals surface area (Å²) >= 11 is 1.21. The van der Waals surface area contributed by atoms with Crippen LogP contribution in [0.5, 0.6) is 0 Å². The number of rotatable bonds is 2. The summed E-state index contributed by atoms with van der Waals surface area (Å²) in [5, 5.41) is 9.14. The molecule has 0 saturated carbocycles. The lowest BCUT2D eigenvalue weighted by molar-refractivity contribution is 0.945. The van der Waals surface area contributed by atoms with Gasteiger partial charge in [-0.1, -0.05) is 11.8 Å². The highest BCUT2D eigenvalue weighted by Crippen LogP contribution is 2.27. The van der Waals surface area contributed by atoms with Gasteiger partial charge in [0.1, 0.15) is 11.9 Å². The minimum Gasteiger partial charge on any atom is -0.398 e. The van der Waals surface area contributed by atoms with Gasteiger partial charge in [-0.3, -0.25) is 4.79 Å².